The fourth-order valence-corrected chi connectivity index (χ4v) is 3.83. The maximum atomic E-state index is 13.1. The molecular formula is C26H23NO6. The molecule has 33 heavy (non-hydrogen) atoms. The number of carbonyl (C=O) groups excluding carboxylic acids is 2. The van der Waals surface area contributed by atoms with E-state index < -0.39 is 17.7 Å². The van der Waals surface area contributed by atoms with Gasteiger partial charge in [0.05, 0.1) is 31.5 Å². The number of aliphatic hydroxyl groups excluding tert-OH is 1. The van der Waals surface area contributed by atoms with Gasteiger partial charge in [-0.3, -0.25) is 9.59 Å². The first-order chi connectivity index (χ1) is 16.0. The highest BCUT2D eigenvalue weighted by atomic mass is 16.5. The molecule has 0 saturated carbocycles. The molecule has 7 nitrogen and oxygen atoms in total. The molecule has 1 amide bonds. The van der Waals surface area contributed by atoms with Crippen molar-refractivity contribution in [2.24, 2.45) is 0 Å². The molecule has 2 aromatic carbocycles. The molecule has 1 fully saturated rings. The molecule has 1 aromatic heterocycles. The van der Waals surface area contributed by atoms with Crippen LogP contribution in [0.15, 0.2) is 89.6 Å². The number of furan rings is 1. The van der Waals surface area contributed by atoms with Gasteiger partial charge in [-0.25, -0.2) is 0 Å². The lowest BCUT2D eigenvalue weighted by Crippen LogP contribution is -2.29. The third-order valence-electron chi connectivity index (χ3n) is 5.35. The quantitative estimate of drug-likeness (QED) is 0.238. The molecule has 1 saturated heterocycles. The Morgan fingerprint density at radius 3 is 2.58 bits per heavy atom. The van der Waals surface area contributed by atoms with Crippen LogP contribution in [0.2, 0.25) is 0 Å². The van der Waals surface area contributed by atoms with Crippen LogP contribution in [-0.2, 0) is 16.1 Å². The highest BCUT2D eigenvalue weighted by molar-refractivity contribution is 6.46. The number of likely N-dealkylation sites (tertiary alicyclic amines) is 1. The lowest BCUT2D eigenvalue weighted by molar-refractivity contribution is -0.140. The highest BCUT2D eigenvalue weighted by Gasteiger charge is 2.46. The van der Waals surface area contributed by atoms with Gasteiger partial charge in [-0.05, 0) is 29.8 Å². The molecule has 0 radical (unpaired) electrons. The number of aliphatic hydroxyl groups is 1. The first kappa shape index (κ1) is 22.0. The Balaban J connectivity index is 1.85. The summed E-state index contributed by atoms with van der Waals surface area (Å²) in [6.45, 7) is 3.99. The lowest BCUT2D eigenvalue weighted by Gasteiger charge is -2.25. The molecule has 1 atom stereocenters. The maximum absolute atomic E-state index is 13.1. The number of methoxy groups -OCH3 is 1. The van der Waals surface area contributed by atoms with Crippen LogP contribution in [0.1, 0.15) is 22.9 Å². The minimum absolute atomic E-state index is 0.000399. The third-order valence-corrected chi connectivity index (χ3v) is 5.35. The van der Waals surface area contributed by atoms with E-state index >= 15 is 0 Å². The van der Waals surface area contributed by atoms with Gasteiger partial charge in [-0.1, -0.05) is 49.1 Å². The van der Waals surface area contributed by atoms with Gasteiger partial charge in [0.15, 0.2) is 11.5 Å². The highest BCUT2D eigenvalue weighted by Crippen LogP contribution is 2.42. The van der Waals surface area contributed by atoms with Crippen LogP contribution in [0.25, 0.3) is 5.76 Å². The molecule has 0 spiro atoms. The molecule has 1 aliphatic heterocycles. The number of hydrogen-bond acceptors (Lipinski definition) is 6. The lowest BCUT2D eigenvalue weighted by atomic mass is 9.95. The number of amides is 1. The topological polar surface area (TPSA) is 89.2 Å². The molecule has 2 heterocycles. The Morgan fingerprint density at radius 1 is 1.12 bits per heavy atom. The standard InChI is InChI=1S/C26H23NO6/c1-3-13-33-20-12-11-18(15-21(20)31-2)23-22(24(28)17-8-5-4-6-9-17)25(29)26(30)27(23)16-19-10-7-14-32-19/h3-12,14-15,23,28H,1,13,16H2,2H3. The largest absolute Gasteiger partial charge is 0.507 e. The van der Waals surface area contributed by atoms with Crippen LogP contribution < -0.4 is 9.47 Å². The predicted molar refractivity (Wildman–Crippen MR) is 122 cm³/mol. The SMILES string of the molecule is C=CCOc1ccc(C2C(=C(O)c3ccccc3)C(=O)C(=O)N2Cc2ccco2)cc1OC. The summed E-state index contributed by atoms with van der Waals surface area (Å²) in [5.41, 5.74) is 1.03. The molecule has 1 N–H and O–H groups in total. The Morgan fingerprint density at radius 2 is 1.91 bits per heavy atom. The molecule has 168 valence electrons. The fourth-order valence-electron chi connectivity index (χ4n) is 3.83. The van der Waals surface area contributed by atoms with Crippen molar-refractivity contribution in [2.75, 3.05) is 13.7 Å². The first-order valence-corrected chi connectivity index (χ1v) is 10.3. The minimum atomic E-state index is -0.849. The van der Waals surface area contributed by atoms with E-state index in [0.717, 1.165) is 0 Å². The number of Topliss-reactive ketones (excluding diaryl/α,β-unsaturated/α-hetero) is 1. The second kappa shape index (κ2) is 9.48. The minimum Gasteiger partial charge on any atom is -0.507 e. The summed E-state index contributed by atoms with van der Waals surface area (Å²) in [7, 11) is 1.50. The van der Waals surface area contributed by atoms with Crippen molar-refractivity contribution in [3.8, 4) is 11.5 Å². The van der Waals surface area contributed by atoms with Crippen molar-refractivity contribution >= 4 is 17.4 Å². The van der Waals surface area contributed by atoms with E-state index in [4.69, 9.17) is 13.9 Å². The summed E-state index contributed by atoms with van der Waals surface area (Å²) < 4.78 is 16.5. The summed E-state index contributed by atoms with van der Waals surface area (Å²) in [5.74, 6) is -0.296. The number of rotatable bonds is 8. The van der Waals surface area contributed by atoms with Crippen molar-refractivity contribution < 1.29 is 28.6 Å². The number of carbonyl (C=O) groups is 2. The monoisotopic (exact) mass is 445 g/mol. The average Bonchev–Trinajstić information content (AvgIpc) is 3.45. The number of benzene rings is 2. The Labute approximate surface area is 191 Å². The van der Waals surface area contributed by atoms with Gasteiger partial charge >= 0.3 is 0 Å². The van der Waals surface area contributed by atoms with Crippen molar-refractivity contribution in [2.45, 2.75) is 12.6 Å². The van der Waals surface area contributed by atoms with E-state index in [1.165, 1.54) is 18.3 Å². The van der Waals surface area contributed by atoms with Crippen molar-refractivity contribution in [3.63, 3.8) is 0 Å². The predicted octanol–water partition coefficient (Wildman–Crippen LogP) is 4.47. The second-order valence-corrected chi connectivity index (χ2v) is 7.38. The molecule has 4 rings (SSSR count). The van der Waals surface area contributed by atoms with Gasteiger partial charge in [0.2, 0.25) is 0 Å². The molecule has 1 aliphatic rings. The number of ketones is 1. The van der Waals surface area contributed by atoms with E-state index in [0.29, 0.717) is 35.0 Å². The first-order valence-electron chi connectivity index (χ1n) is 10.3. The van der Waals surface area contributed by atoms with Crippen LogP contribution in [0.3, 0.4) is 0 Å². The van der Waals surface area contributed by atoms with Gasteiger partial charge in [-0.15, -0.1) is 0 Å². The summed E-state index contributed by atoms with van der Waals surface area (Å²) in [6.07, 6.45) is 3.12. The van der Waals surface area contributed by atoms with Gasteiger partial charge in [0.1, 0.15) is 18.1 Å². The maximum Gasteiger partial charge on any atom is 0.296 e. The number of nitrogens with zero attached hydrogens (tertiary/aromatic N) is 1. The Hall–Kier alpha value is -4.26. The van der Waals surface area contributed by atoms with Crippen molar-refractivity contribution in [1.29, 1.82) is 0 Å². The van der Waals surface area contributed by atoms with Crippen LogP contribution in [0.5, 0.6) is 11.5 Å². The smallest absolute Gasteiger partial charge is 0.296 e. The van der Waals surface area contributed by atoms with Crippen LogP contribution in [0.4, 0.5) is 0 Å². The summed E-state index contributed by atoms with van der Waals surface area (Å²) in [5, 5.41) is 11.1. The zero-order chi connectivity index (χ0) is 23.4. The van der Waals surface area contributed by atoms with Crippen molar-refractivity contribution in [1.82, 2.24) is 4.90 Å². The van der Waals surface area contributed by atoms with Crippen LogP contribution in [0, 0.1) is 0 Å². The fraction of sp³-hybridized carbons (Fsp3) is 0.154. The third kappa shape index (κ3) is 4.25. The molecule has 3 aromatic rings. The van der Waals surface area contributed by atoms with Crippen molar-refractivity contribution in [3.05, 3.63) is 102 Å². The Kier molecular flexibility index (Phi) is 6.31. The van der Waals surface area contributed by atoms with Gasteiger partial charge in [-0.2, -0.15) is 0 Å². The van der Waals surface area contributed by atoms with E-state index in [2.05, 4.69) is 6.58 Å². The van der Waals surface area contributed by atoms with Crippen LogP contribution >= 0.6 is 0 Å². The number of hydrogen-bond donors (Lipinski definition) is 1. The Bertz CT molecular complexity index is 1200. The molecule has 0 aliphatic carbocycles. The molecule has 7 heteroatoms. The van der Waals surface area contributed by atoms with Crippen LogP contribution in [-0.4, -0.2) is 35.4 Å². The van der Waals surface area contributed by atoms with E-state index in [1.54, 1.807) is 66.7 Å². The van der Waals surface area contributed by atoms with E-state index in [9.17, 15) is 14.7 Å². The summed E-state index contributed by atoms with van der Waals surface area (Å²) >= 11 is 0. The molecule has 1 unspecified atom stereocenters. The summed E-state index contributed by atoms with van der Waals surface area (Å²) in [6, 6.07) is 16.4. The molecular weight excluding hydrogens is 422 g/mol. The van der Waals surface area contributed by atoms with Gasteiger partial charge in [0, 0.05) is 5.56 Å². The van der Waals surface area contributed by atoms with Gasteiger partial charge < -0.3 is 23.9 Å². The number of ether oxygens (including phenoxy) is 2. The molecule has 0 bridgehead atoms. The zero-order valence-electron chi connectivity index (χ0n) is 18.1. The average molecular weight is 445 g/mol. The van der Waals surface area contributed by atoms with Gasteiger partial charge in [0.25, 0.3) is 11.7 Å². The second-order valence-electron chi connectivity index (χ2n) is 7.38. The van der Waals surface area contributed by atoms with E-state index in [-0.39, 0.29) is 17.9 Å². The van der Waals surface area contributed by atoms with E-state index in [1.807, 2.05) is 0 Å². The summed E-state index contributed by atoms with van der Waals surface area (Å²) in [4.78, 5) is 27.5. The zero-order valence-corrected chi connectivity index (χ0v) is 18.1. The normalized spacial score (nSPS) is 17.2.